The Hall–Kier alpha value is -9.27. The molecule has 8 heteroatoms. The Balaban J connectivity index is 1.06. The van der Waals surface area contributed by atoms with Crippen molar-refractivity contribution in [3.63, 3.8) is 0 Å². The van der Waals surface area contributed by atoms with Crippen molar-refractivity contribution in [2.24, 2.45) is 4.99 Å². The van der Waals surface area contributed by atoms with Crippen LogP contribution in [0.25, 0.3) is 94.6 Å². The molecule has 0 fully saturated rings. The average molecular weight is 861 g/mol. The van der Waals surface area contributed by atoms with Crippen molar-refractivity contribution in [2.45, 2.75) is 0 Å². The van der Waals surface area contributed by atoms with Crippen LogP contribution in [0.2, 0.25) is 0 Å². The van der Waals surface area contributed by atoms with Gasteiger partial charge in [-0.25, -0.2) is 19.9 Å². The van der Waals surface area contributed by atoms with E-state index in [1.54, 1.807) is 0 Å². The highest BCUT2D eigenvalue weighted by atomic mass is 15.4. The lowest BCUT2D eigenvalue weighted by Gasteiger charge is -2.15. The predicted octanol–water partition coefficient (Wildman–Crippen LogP) is 13.8. The van der Waals surface area contributed by atoms with Gasteiger partial charge >= 0.3 is 0 Å². The normalized spacial score (nSPS) is 11.7. The topological polar surface area (TPSA) is 96.8 Å². The summed E-state index contributed by atoms with van der Waals surface area (Å²) in [6.45, 7) is 0. The van der Waals surface area contributed by atoms with Gasteiger partial charge in [-0.1, -0.05) is 188 Å². The number of hydrogen-bond donors (Lipinski definition) is 2. The third-order valence-corrected chi connectivity index (χ3v) is 12.3. The van der Waals surface area contributed by atoms with E-state index >= 15 is 0 Å². The number of para-hydroxylation sites is 3. The fourth-order valence-corrected chi connectivity index (χ4v) is 9.11. The predicted molar refractivity (Wildman–Crippen MR) is 275 cm³/mol. The lowest BCUT2D eigenvalue weighted by atomic mass is 10.0. The van der Waals surface area contributed by atoms with Crippen LogP contribution in [0.1, 0.15) is 11.1 Å². The van der Waals surface area contributed by atoms with Crippen molar-refractivity contribution >= 4 is 55.3 Å². The maximum absolute atomic E-state index is 9.03. The van der Waals surface area contributed by atoms with E-state index < -0.39 is 0 Å². The van der Waals surface area contributed by atoms with Crippen molar-refractivity contribution < 1.29 is 0 Å². The number of nitrogens with one attached hydrogen (secondary N) is 2. The zero-order chi connectivity index (χ0) is 44.7. The minimum atomic E-state index is 0.165. The SMILES string of the molecule is N=C(/N=C(\Nn1c2ccccc2c2cc3c(cc21)c1ccccc1n3-c1ccccc1-c1nc(-c2ccccc2)nc(-c2cccc(-c3ccccc3)c2)n1)c1ccccc1)c1ccccc1. The molecule has 67 heavy (non-hydrogen) atoms. The molecule has 3 heterocycles. The zero-order valence-corrected chi connectivity index (χ0v) is 36.1. The number of hydrogen-bond acceptors (Lipinski definition) is 4. The van der Waals surface area contributed by atoms with Crippen molar-refractivity contribution in [3.8, 4) is 51.0 Å². The summed E-state index contributed by atoms with van der Waals surface area (Å²) in [6.07, 6.45) is 0. The van der Waals surface area contributed by atoms with Gasteiger partial charge in [0.25, 0.3) is 0 Å². The minimum Gasteiger partial charge on any atom is -0.308 e. The Morgan fingerprint density at radius 1 is 0.388 bits per heavy atom. The van der Waals surface area contributed by atoms with Crippen LogP contribution in [0.3, 0.4) is 0 Å². The van der Waals surface area contributed by atoms with Gasteiger partial charge in [0.1, 0.15) is 0 Å². The third-order valence-electron chi connectivity index (χ3n) is 12.3. The molecule has 12 rings (SSSR count). The Morgan fingerprint density at radius 3 is 1.63 bits per heavy atom. The van der Waals surface area contributed by atoms with E-state index in [2.05, 4.69) is 148 Å². The largest absolute Gasteiger partial charge is 0.308 e. The summed E-state index contributed by atoms with van der Waals surface area (Å²) in [5.41, 5.74) is 15.2. The fraction of sp³-hybridized carbons (Fsp3) is 0. The summed E-state index contributed by atoms with van der Waals surface area (Å²) in [5.74, 6) is 2.50. The van der Waals surface area contributed by atoms with Crippen molar-refractivity contribution in [1.29, 1.82) is 5.41 Å². The second-order valence-corrected chi connectivity index (χ2v) is 16.4. The molecule has 0 aliphatic carbocycles. The molecule has 9 aromatic carbocycles. The van der Waals surface area contributed by atoms with Gasteiger partial charge in [-0.05, 0) is 53.6 Å². The summed E-state index contributed by atoms with van der Waals surface area (Å²) in [4.78, 5) is 20.5. The zero-order valence-electron chi connectivity index (χ0n) is 36.1. The van der Waals surface area contributed by atoms with Crippen LogP contribution in [0.4, 0.5) is 0 Å². The first-order valence-corrected chi connectivity index (χ1v) is 22.2. The van der Waals surface area contributed by atoms with Crippen molar-refractivity contribution in [1.82, 2.24) is 24.2 Å². The molecule has 8 nitrogen and oxygen atoms in total. The summed E-state index contributed by atoms with van der Waals surface area (Å²) in [7, 11) is 0. The molecule has 12 aromatic rings. The minimum absolute atomic E-state index is 0.165. The molecule has 0 aliphatic heterocycles. The van der Waals surface area contributed by atoms with E-state index in [1.807, 2.05) is 97.1 Å². The highest BCUT2D eigenvalue weighted by Gasteiger charge is 2.22. The Bertz CT molecular complexity index is 3840. The van der Waals surface area contributed by atoms with Crippen LogP contribution < -0.4 is 5.43 Å². The molecule has 316 valence electrons. The van der Waals surface area contributed by atoms with Gasteiger partial charge in [0.15, 0.2) is 29.1 Å². The second kappa shape index (κ2) is 16.7. The molecular weight excluding hydrogens is 821 g/mol. The monoisotopic (exact) mass is 860 g/mol. The summed E-state index contributed by atoms with van der Waals surface area (Å²) in [5, 5.41) is 13.4. The first-order valence-electron chi connectivity index (χ1n) is 22.2. The van der Waals surface area contributed by atoms with E-state index in [0.29, 0.717) is 23.3 Å². The Kier molecular flexibility index (Phi) is 9.80. The third kappa shape index (κ3) is 7.19. The maximum Gasteiger partial charge on any atom is 0.166 e. The smallest absolute Gasteiger partial charge is 0.166 e. The number of amidine groups is 2. The molecule has 0 saturated carbocycles. The molecule has 0 radical (unpaired) electrons. The van der Waals surface area contributed by atoms with E-state index in [1.165, 1.54) is 0 Å². The number of benzene rings is 9. The summed E-state index contributed by atoms with van der Waals surface area (Å²) < 4.78 is 4.46. The number of rotatable bonds is 8. The first kappa shape index (κ1) is 39.3. The van der Waals surface area contributed by atoms with E-state index in [0.717, 1.165) is 88.2 Å². The quantitative estimate of drug-likeness (QED) is 0.117. The maximum atomic E-state index is 9.03. The van der Waals surface area contributed by atoms with Gasteiger partial charge in [0.2, 0.25) is 0 Å². The first-order chi connectivity index (χ1) is 33.1. The molecule has 0 unspecified atom stereocenters. The molecular formula is C59H40N8. The Labute approximate surface area is 386 Å². The van der Waals surface area contributed by atoms with E-state index in [9.17, 15) is 0 Å². The number of aromatic nitrogens is 5. The summed E-state index contributed by atoms with van der Waals surface area (Å²) in [6, 6.07) is 78.5. The van der Waals surface area contributed by atoms with Crippen LogP contribution in [-0.4, -0.2) is 35.9 Å². The van der Waals surface area contributed by atoms with Gasteiger partial charge in [0.05, 0.1) is 27.8 Å². The molecule has 0 saturated heterocycles. The van der Waals surface area contributed by atoms with E-state index in [-0.39, 0.29) is 5.84 Å². The lowest BCUT2D eigenvalue weighted by molar-refractivity contribution is 1.06. The number of fused-ring (bicyclic) bond motifs is 6. The molecule has 0 aliphatic rings. The molecule has 3 aromatic heterocycles. The number of nitrogens with zero attached hydrogens (tertiary/aromatic N) is 6. The second-order valence-electron chi connectivity index (χ2n) is 16.4. The van der Waals surface area contributed by atoms with Crippen molar-refractivity contribution in [3.05, 3.63) is 242 Å². The van der Waals surface area contributed by atoms with Gasteiger partial charge in [0, 0.05) is 49.4 Å². The van der Waals surface area contributed by atoms with Crippen LogP contribution in [-0.2, 0) is 0 Å². The van der Waals surface area contributed by atoms with Gasteiger partial charge in [-0.2, -0.15) is 0 Å². The molecule has 0 atom stereocenters. The molecule has 0 amide bonds. The number of aliphatic imine (C=N–C) groups is 1. The van der Waals surface area contributed by atoms with Crippen LogP contribution in [0, 0.1) is 5.41 Å². The fourth-order valence-electron chi connectivity index (χ4n) is 9.11. The van der Waals surface area contributed by atoms with Gasteiger partial charge in [-0.15, -0.1) is 0 Å². The molecule has 0 bridgehead atoms. The highest BCUT2D eigenvalue weighted by Crippen LogP contribution is 2.40. The van der Waals surface area contributed by atoms with Gasteiger partial charge in [-0.3, -0.25) is 15.5 Å². The van der Waals surface area contributed by atoms with Crippen molar-refractivity contribution in [2.75, 3.05) is 5.43 Å². The van der Waals surface area contributed by atoms with Gasteiger partial charge < -0.3 is 4.57 Å². The Morgan fingerprint density at radius 2 is 0.896 bits per heavy atom. The highest BCUT2D eigenvalue weighted by molar-refractivity contribution is 6.20. The molecule has 2 N–H and O–H groups in total. The van der Waals surface area contributed by atoms with Crippen LogP contribution >= 0.6 is 0 Å². The van der Waals surface area contributed by atoms with E-state index in [4.69, 9.17) is 25.4 Å². The standard InChI is InChI=1S/C59H40N8/c60-55(40-22-7-2-8-23-40)61-58(42-26-11-4-12-27-42)65-67-52-35-18-14-31-46(52)49-37-53-48(38-54(49)67)45-30-13-16-33-50(45)66(53)51-34-17-15-32-47(51)59-63-56(41-24-9-3-10-25-41)62-57(64-59)44-29-19-28-43(36-44)39-20-5-1-6-21-39/h1-38H,(H2,60,61,65). The average Bonchev–Trinajstić information content (AvgIpc) is 3.89. The van der Waals surface area contributed by atoms with Crippen LogP contribution in [0.15, 0.2) is 236 Å². The molecule has 0 spiro atoms. The summed E-state index contributed by atoms with van der Waals surface area (Å²) >= 11 is 0. The lowest BCUT2D eigenvalue weighted by Crippen LogP contribution is -2.25. The van der Waals surface area contributed by atoms with Crippen LogP contribution in [0.5, 0.6) is 0 Å².